The summed E-state index contributed by atoms with van der Waals surface area (Å²) >= 11 is 0. The van der Waals surface area contributed by atoms with Crippen molar-refractivity contribution in [2.75, 3.05) is 0 Å². The average Bonchev–Trinajstić information content (AvgIpc) is 3.92. The first-order chi connectivity index (χ1) is 33.7. The maximum Gasteiger partial charge on any atom is 0.164 e. The van der Waals surface area contributed by atoms with Gasteiger partial charge < -0.3 is 4.57 Å². The summed E-state index contributed by atoms with van der Waals surface area (Å²) in [7, 11) is 0. The molecule has 2 aromatic heterocycles. The lowest BCUT2D eigenvalue weighted by Crippen LogP contribution is -2.33. The van der Waals surface area contributed by atoms with Crippen LogP contribution in [-0.4, -0.2) is 19.5 Å². The molecular formula is C64H40N4. The van der Waals surface area contributed by atoms with E-state index in [0.29, 0.717) is 17.5 Å². The van der Waals surface area contributed by atoms with Gasteiger partial charge in [0.1, 0.15) is 0 Å². The summed E-state index contributed by atoms with van der Waals surface area (Å²) < 4.78 is 2.51. The van der Waals surface area contributed by atoms with Crippen molar-refractivity contribution in [1.82, 2.24) is 19.5 Å². The van der Waals surface area contributed by atoms with Gasteiger partial charge in [-0.1, -0.05) is 224 Å². The minimum Gasteiger partial charge on any atom is -0.309 e. The zero-order valence-corrected chi connectivity index (χ0v) is 36.9. The van der Waals surface area contributed by atoms with Gasteiger partial charge in [0.05, 0.1) is 22.1 Å². The van der Waals surface area contributed by atoms with E-state index in [2.05, 4.69) is 235 Å². The highest BCUT2D eigenvalue weighted by Crippen LogP contribution is 2.61. The third-order valence-corrected chi connectivity index (χ3v) is 14.3. The molecule has 12 aromatic rings. The third kappa shape index (κ3) is 5.71. The lowest BCUT2D eigenvalue weighted by molar-refractivity contribution is 0.749. The predicted molar refractivity (Wildman–Crippen MR) is 278 cm³/mol. The molecule has 0 atom stereocenters. The van der Waals surface area contributed by atoms with E-state index < -0.39 is 5.41 Å². The van der Waals surface area contributed by atoms with E-state index in [-0.39, 0.29) is 0 Å². The van der Waals surface area contributed by atoms with Crippen LogP contribution >= 0.6 is 0 Å². The van der Waals surface area contributed by atoms with Gasteiger partial charge in [-0.15, -0.1) is 0 Å². The van der Waals surface area contributed by atoms with Crippen LogP contribution in [-0.2, 0) is 5.41 Å². The number of rotatable bonds is 6. The summed E-state index contributed by atoms with van der Waals surface area (Å²) in [5.74, 6) is 1.88. The summed E-state index contributed by atoms with van der Waals surface area (Å²) in [6.07, 6.45) is 0. The van der Waals surface area contributed by atoms with Gasteiger partial charge in [-0.05, 0) is 85.0 Å². The molecule has 1 spiro atoms. The molecule has 316 valence electrons. The molecule has 0 bridgehead atoms. The molecule has 10 aromatic carbocycles. The van der Waals surface area contributed by atoms with Crippen molar-refractivity contribution in [1.29, 1.82) is 0 Å². The SMILES string of the molecule is c1ccc(-c2ccc(-c3nc(-c4ccc(-c5ccccc5)cc4)nc(-c4ccc(-c5ccc6c(c5)C5(c7ccccc7-c7ccccc75)c5cccc7c8ccccc8n-6c57)cc4)n3)cc2)cc1. The number of benzene rings is 10. The highest BCUT2D eigenvalue weighted by molar-refractivity contribution is 6.13. The second kappa shape index (κ2) is 15.0. The first-order valence-corrected chi connectivity index (χ1v) is 23.3. The topological polar surface area (TPSA) is 43.6 Å². The summed E-state index contributed by atoms with van der Waals surface area (Å²) in [5.41, 5.74) is 20.7. The lowest BCUT2D eigenvalue weighted by Gasteiger charge is -2.40. The Morgan fingerprint density at radius 3 is 1.22 bits per heavy atom. The molecule has 0 radical (unpaired) electrons. The van der Waals surface area contributed by atoms with Crippen LogP contribution in [0, 0.1) is 0 Å². The van der Waals surface area contributed by atoms with Gasteiger partial charge >= 0.3 is 0 Å². The molecule has 4 heteroatoms. The molecule has 4 nitrogen and oxygen atoms in total. The molecule has 0 N–H and O–H groups in total. The quantitative estimate of drug-likeness (QED) is 0.167. The smallest absolute Gasteiger partial charge is 0.164 e. The second-order valence-electron chi connectivity index (χ2n) is 17.9. The average molecular weight is 865 g/mol. The molecule has 0 amide bonds. The minimum absolute atomic E-state index is 0.515. The Kier molecular flexibility index (Phi) is 8.46. The number of nitrogens with zero attached hydrogens (tertiary/aromatic N) is 4. The van der Waals surface area contributed by atoms with E-state index in [1.54, 1.807) is 0 Å². The highest BCUT2D eigenvalue weighted by Gasteiger charge is 2.50. The van der Waals surface area contributed by atoms with Crippen molar-refractivity contribution in [2.45, 2.75) is 5.41 Å². The molecule has 1 aliphatic heterocycles. The largest absolute Gasteiger partial charge is 0.309 e. The molecular weight excluding hydrogens is 825 g/mol. The predicted octanol–water partition coefficient (Wildman–Crippen LogP) is 15.6. The zero-order chi connectivity index (χ0) is 44.8. The summed E-state index contributed by atoms with van der Waals surface area (Å²) in [5, 5.41) is 2.55. The number of para-hydroxylation sites is 2. The minimum atomic E-state index is -0.515. The second-order valence-corrected chi connectivity index (χ2v) is 17.9. The fourth-order valence-electron chi connectivity index (χ4n) is 11.2. The highest BCUT2D eigenvalue weighted by atomic mass is 15.0. The third-order valence-electron chi connectivity index (χ3n) is 14.3. The zero-order valence-electron chi connectivity index (χ0n) is 36.9. The Morgan fingerprint density at radius 2 is 0.676 bits per heavy atom. The first kappa shape index (κ1) is 38.3. The fraction of sp³-hybridized carbons (Fsp3) is 0.0156. The molecule has 2 aliphatic rings. The summed E-state index contributed by atoms with van der Waals surface area (Å²) in [6.45, 7) is 0. The maximum atomic E-state index is 5.15. The van der Waals surface area contributed by atoms with Gasteiger partial charge in [0.25, 0.3) is 0 Å². The molecule has 68 heavy (non-hydrogen) atoms. The number of aromatic nitrogens is 4. The van der Waals surface area contributed by atoms with E-state index in [4.69, 9.17) is 15.0 Å². The standard InChI is InChI=1S/C64H40N4/c1-3-14-41(15-4-1)43-26-32-46(33-27-43)61-65-62(47-34-28-44(29-35-47)42-16-5-2-6-17-42)67-63(66-61)48-36-30-45(31-37-48)49-38-39-59-57(40-49)64(54-22-10-7-18-50(54)51-19-8-11-23-55(51)64)56-24-13-21-53-52-20-9-12-25-58(52)68(59)60(53)56/h1-40H. The van der Waals surface area contributed by atoms with E-state index >= 15 is 0 Å². The Labute approximate surface area is 394 Å². The van der Waals surface area contributed by atoms with Crippen LogP contribution in [0.5, 0.6) is 0 Å². The van der Waals surface area contributed by atoms with Gasteiger partial charge in [-0.2, -0.15) is 0 Å². The van der Waals surface area contributed by atoms with Crippen LogP contribution in [0.15, 0.2) is 243 Å². The van der Waals surface area contributed by atoms with Crippen LogP contribution in [0.2, 0.25) is 0 Å². The van der Waals surface area contributed by atoms with E-state index in [1.165, 1.54) is 72.0 Å². The van der Waals surface area contributed by atoms with E-state index in [1.807, 2.05) is 12.1 Å². The van der Waals surface area contributed by atoms with Crippen molar-refractivity contribution >= 4 is 21.8 Å². The lowest BCUT2D eigenvalue weighted by atomic mass is 9.65. The van der Waals surface area contributed by atoms with Crippen LogP contribution in [0.1, 0.15) is 22.3 Å². The number of hydrogen-bond donors (Lipinski definition) is 0. The molecule has 3 heterocycles. The molecule has 1 aliphatic carbocycles. The normalized spacial score (nSPS) is 12.8. The number of fused-ring (bicyclic) bond motifs is 12. The monoisotopic (exact) mass is 864 g/mol. The Hall–Kier alpha value is -8.99. The fourth-order valence-corrected chi connectivity index (χ4v) is 11.2. The van der Waals surface area contributed by atoms with Crippen molar-refractivity contribution < 1.29 is 0 Å². The van der Waals surface area contributed by atoms with Gasteiger partial charge in [-0.25, -0.2) is 15.0 Å². The van der Waals surface area contributed by atoms with E-state index in [0.717, 1.165) is 38.9 Å². The van der Waals surface area contributed by atoms with Gasteiger partial charge in [0.2, 0.25) is 0 Å². The molecule has 14 rings (SSSR count). The van der Waals surface area contributed by atoms with Crippen molar-refractivity contribution in [3.63, 3.8) is 0 Å². The molecule has 0 fully saturated rings. The Bertz CT molecular complexity index is 3780. The number of hydrogen-bond acceptors (Lipinski definition) is 3. The van der Waals surface area contributed by atoms with Crippen LogP contribution in [0.25, 0.3) is 106 Å². The summed E-state index contributed by atoms with van der Waals surface area (Å²) in [4.78, 5) is 15.4. The van der Waals surface area contributed by atoms with Crippen molar-refractivity contribution in [2.24, 2.45) is 0 Å². The van der Waals surface area contributed by atoms with Gasteiger partial charge in [0.15, 0.2) is 17.5 Å². The van der Waals surface area contributed by atoms with Gasteiger partial charge in [-0.3, -0.25) is 0 Å². The van der Waals surface area contributed by atoms with Crippen LogP contribution in [0.3, 0.4) is 0 Å². The van der Waals surface area contributed by atoms with Crippen LogP contribution in [0.4, 0.5) is 0 Å². The van der Waals surface area contributed by atoms with Gasteiger partial charge in [0, 0.05) is 27.5 Å². The van der Waals surface area contributed by atoms with Crippen molar-refractivity contribution in [3.8, 4) is 84.4 Å². The van der Waals surface area contributed by atoms with Crippen LogP contribution < -0.4 is 0 Å². The molecule has 0 saturated heterocycles. The summed E-state index contributed by atoms with van der Waals surface area (Å²) in [6, 6.07) is 87.5. The molecule has 0 unspecified atom stereocenters. The Balaban J connectivity index is 0.906. The first-order valence-electron chi connectivity index (χ1n) is 23.3. The molecule has 0 saturated carbocycles. The van der Waals surface area contributed by atoms with E-state index in [9.17, 15) is 0 Å². The van der Waals surface area contributed by atoms with Crippen molar-refractivity contribution in [3.05, 3.63) is 265 Å². The Morgan fingerprint density at radius 1 is 0.279 bits per heavy atom. The maximum absolute atomic E-state index is 5.15.